The van der Waals surface area contributed by atoms with Gasteiger partial charge < -0.3 is 19.9 Å². The van der Waals surface area contributed by atoms with Crippen LogP contribution in [0.5, 0.6) is 0 Å². The van der Waals surface area contributed by atoms with Gasteiger partial charge in [-0.2, -0.15) is 0 Å². The number of carbonyl (C=O) groups is 2. The fraction of sp³-hybridized carbons (Fsp3) is 0.400. The summed E-state index contributed by atoms with van der Waals surface area (Å²) in [6.07, 6.45) is 1.22. The number of aliphatic carboxylic acids is 1. The highest BCUT2D eigenvalue weighted by Gasteiger charge is 2.20. The lowest BCUT2D eigenvalue weighted by Crippen LogP contribution is -2.41. The molecule has 0 aliphatic carbocycles. The van der Waals surface area contributed by atoms with E-state index in [-0.39, 0.29) is 18.6 Å². The number of amides is 1. The van der Waals surface area contributed by atoms with Crippen molar-refractivity contribution in [3.05, 3.63) is 23.7 Å². The summed E-state index contributed by atoms with van der Waals surface area (Å²) >= 11 is 0. The standard InChI is InChI=1S/C10H13NO5/c1-6-4-7(5-16-6)9(13)11-8(2-3-12)10(14)15/h4-5,8,12H,2-3H2,1H3,(H,11,13)(H,14,15)/t8-/m0/s1. The van der Waals surface area contributed by atoms with Gasteiger partial charge >= 0.3 is 5.97 Å². The molecular formula is C10H13NO5. The van der Waals surface area contributed by atoms with E-state index in [2.05, 4.69) is 5.32 Å². The number of nitrogens with one attached hydrogen (secondary N) is 1. The predicted molar refractivity (Wildman–Crippen MR) is 54.0 cm³/mol. The first kappa shape index (κ1) is 12.3. The summed E-state index contributed by atoms with van der Waals surface area (Å²) < 4.78 is 4.93. The van der Waals surface area contributed by atoms with E-state index in [1.54, 1.807) is 6.92 Å². The van der Waals surface area contributed by atoms with Crippen molar-refractivity contribution in [1.82, 2.24) is 5.32 Å². The summed E-state index contributed by atoms with van der Waals surface area (Å²) in [5.41, 5.74) is 0.265. The molecule has 1 amide bonds. The van der Waals surface area contributed by atoms with E-state index in [4.69, 9.17) is 14.6 Å². The van der Waals surface area contributed by atoms with Crippen molar-refractivity contribution in [3.8, 4) is 0 Å². The van der Waals surface area contributed by atoms with Gasteiger partial charge in [0.15, 0.2) is 0 Å². The van der Waals surface area contributed by atoms with Gasteiger partial charge in [-0.15, -0.1) is 0 Å². The van der Waals surface area contributed by atoms with E-state index < -0.39 is 17.9 Å². The molecule has 6 heteroatoms. The van der Waals surface area contributed by atoms with Crippen LogP contribution in [0, 0.1) is 6.92 Å². The predicted octanol–water partition coefficient (Wildman–Crippen LogP) is 0.153. The summed E-state index contributed by atoms with van der Waals surface area (Å²) in [6.45, 7) is 1.38. The van der Waals surface area contributed by atoms with Crippen LogP contribution < -0.4 is 5.32 Å². The van der Waals surface area contributed by atoms with E-state index in [1.807, 2.05) is 0 Å². The van der Waals surface area contributed by atoms with Crippen LogP contribution in [0.25, 0.3) is 0 Å². The van der Waals surface area contributed by atoms with E-state index in [1.165, 1.54) is 12.3 Å². The monoisotopic (exact) mass is 227 g/mol. The van der Waals surface area contributed by atoms with Crippen molar-refractivity contribution in [1.29, 1.82) is 0 Å². The highest BCUT2D eigenvalue weighted by molar-refractivity contribution is 5.96. The largest absolute Gasteiger partial charge is 0.480 e. The molecule has 0 saturated carbocycles. The SMILES string of the molecule is Cc1cc(C(=O)N[C@@H](CCO)C(=O)O)co1. The first-order valence-electron chi connectivity index (χ1n) is 4.74. The zero-order valence-corrected chi connectivity index (χ0v) is 8.77. The summed E-state index contributed by atoms with van der Waals surface area (Å²) in [5, 5.41) is 19.7. The average molecular weight is 227 g/mol. The minimum absolute atomic E-state index is 0.0299. The molecule has 1 aromatic heterocycles. The van der Waals surface area contributed by atoms with Gasteiger partial charge in [0, 0.05) is 13.0 Å². The molecule has 1 atom stereocenters. The number of carboxylic acids is 1. The highest BCUT2D eigenvalue weighted by atomic mass is 16.4. The molecule has 0 unspecified atom stereocenters. The molecule has 16 heavy (non-hydrogen) atoms. The van der Waals surface area contributed by atoms with Crippen LogP contribution in [0.15, 0.2) is 16.7 Å². The molecule has 88 valence electrons. The van der Waals surface area contributed by atoms with Crippen LogP contribution in [0.4, 0.5) is 0 Å². The molecule has 6 nitrogen and oxygen atoms in total. The number of rotatable bonds is 5. The lowest BCUT2D eigenvalue weighted by atomic mass is 10.2. The minimum atomic E-state index is -1.18. The topological polar surface area (TPSA) is 99.8 Å². The Morgan fingerprint density at radius 3 is 2.69 bits per heavy atom. The number of aliphatic hydroxyl groups is 1. The number of carboxylic acid groups (broad SMARTS) is 1. The van der Waals surface area contributed by atoms with Crippen LogP contribution in [-0.2, 0) is 4.79 Å². The maximum atomic E-state index is 11.5. The van der Waals surface area contributed by atoms with Gasteiger partial charge in [-0.25, -0.2) is 4.79 Å². The van der Waals surface area contributed by atoms with Crippen molar-refractivity contribution < 1.29 is 24.2 Å². The maximum Gasteiger partial charge on any atom is 0.326 e. The van der Waals surface area contributed by atoms with Gasteiger partial charge in [0.05, 0.1) is 5.56 Å². The van der Waals surface area contributed by atoms with Crippen LogP contribution in [0.2, 0.25) is 0 Å². The molecule has 0 bridgehead atoms. The van der Waals surface area contributed by atoms with Crippen LogP contribution in [0.3, 0.4) is 0 Å². The van der Waals surface area contributed by atoms with Crippen molar-refractivity contribution in [2.45, 2.75) is 19.4 Å². The Morgan fingerprint density at radius 2 is 2.25 bits per heavy atom. The first-order valence-corrected chi connectivity index (χ1v) is 4.74. The molecule has 0 aliphatic heterocycles. The van der Waals surface area contributed by atoms with Gasteiger partial charge in [0.2, 0.25) is 0 Å². The number of aliphatic hydroxyl groups excluding tert-OH is 1. The normalized spacial score (nSPS) is 12.1. The third-order valence-corrected chi connectivity index (χ3v) is 2.01. The zero-order valence-electron chi connectivity index (χ0n) is 8.77. The molecule has 1 rings (SSSR count). The molecule has 3 N–H and O–H groups in total. The lowest BCUT2D eigenvalue weighted by molar-refractivity contribution is -0.139. The third kappa shape index (κ3) is 3.09. The summed E-state index contributed by atoms with van der Waals surface area (Å²) in [5.74, 6) is -1.14. The Kier molecular flexibility index (Phi) is 4.07. The van der Waals surface area contributed by atoms with Crippen molar-refractivity contribution in [3.63, 3.8) is 0 Å². The second-order valence-corrected chi connectivity index (χ2v) is 3.32. The molecular weight excluding hydrogens is 214 g/mol. The molecule has 0 saturated heterocycles. The van der Waals surface area contributed by atoms with Crippen LogP contribution in [-0.4, -0.2) is 34.7 Å². The maximum absolute atomic E-state index is 11.5. The van der Waals surface area contributed by atoms with Crippen LogP contribution in [0.1, 0.15) is 22.5 Å². The summed E-state index contributed by atoms with van der Waals surface area (Å²) in [6, 6.07) is 0.417. The Balaban J connectivity index is 2.65. The number of carbonyl (C=O) groups excluding carboxylic acids is 1. The second-order valence-electron chi connectivity index (χ2n) is 3.32. The van der Waals surface area contributed by atoms with Crippen molar-refractivity contribution in [2.75, 3.05) is 6.61 Å². The van der Waals surface area contributed by atoms with E-state index >= 15 is 0 Å². The Morgan fingerprint density at radius 1 is 1.56 bits per heavy atom. The first-order chi connectivity index (χ1) is 7.54. The van der Waals surface area contributed by atoms with Crippen LogP contribution >= 0.6 is 0 Å². The summed E-state index contributed by atoms with van der Waals surface area (Å²) in [4.78, 5) is 22.2. The van der Waals surface area contributed by atoms with Gasteiger partial charge in [0.1, 0.15) is 18.1 Å². The number of hydrogen-bond acceptors (Lipinski definition) is 4. The molecule has 0 radical (unpaired) electrons. The molecule has 0 aromatic carbocycles. The lowest BCUT2D eigenvalue weighted by Gasteiger charge is -2.11. The molecule has 0 aliphatic rings. The number of aryl methyl sites for hydroxylation is 1. The molecule has 0 fully saturated rings. The van der Waals surface area contributed by atoms with E-state index in [0.717, 1.165) is 0 Å². The Hall–Kier alpha value is -1.82. The van der Waals surface area contributed by atoms with Crippen molar-refractivity contribution in [2.24, 2.45) is 0 Å². The quantitative estimate of drug-likeness (QED) is 0.665. The summed E-state index contributed by atoms with van der Waals surface area (Å²) in [7, 11) is 0. The van der Waals surface area contributed by atoms with Gasteiger partial charge in [-0.3, -0.25) is 4.79 Å². The van der Waals surface area contributed by atoms with Gasteiger partial charge in [0.25, 0.3) is 5.91 Å². The number of furan rings is 1. The van der Waals surface area contributed by atoms with Gasteiger partial charge in [-0.05, 0) is 13.0 Å². The van der Waals surface area contributed by atoms with E-state index in [0.29, 0.717) is 5.76 Å². The smallest absolute Gasteiger partial charge is 0.326 e. The van der Waals surface area contributed by atoms with E-state index in [9.17, 15) is 9.59 Å². The third-order valence-electron chi connectivity index (χ3n) is 2.01. The average Bonchev–Trinajstić information content (AvgIpc) is 2.64. The van der Waals surface area contributed by atoms with Gasteiger partial charge in [-0.1, -0.05) is 0 Å². The van der Waals surface area contributed by atoms with Crippen molar-refractivity contribution >= 4 is 11.9 Å². The second kappa shape index (κ2) is 5.32. The zero-order chi connectivity index (χ0) is 12.1. The highest BCUT2D eigenvalue weighted by Crippen LogP contribution is 2.06. The molecule has 0 spiro atoms. The minimum Gasteiger partial charge on any atom is -0.480 e. The fourth-order valence-electron chi connectivity index (χ4n) is 1.19. The Labute approximate surface area is 91.9 Å². The molecule has 1 aromatic rings. The molecule has 1 heterocycles. The number of hydrogen-bond donors (Lipinski definition) is 3. The Bertz CT molecular complexity index is 384. The fourth-order valence-corrected chi connectivity index (χ4v) is 1.19.